The maximum atomic E-state index is 12.0. The van der Waals surface area contributed by atoms with E-state index >= 15 is 0 Å². The quantitative estimate of drug-likeness (QED) is 0.714. The first-order valence-corrected chi connectivity index (χ1v) is 5.88. The summed E-state index contributed by atoms with van der Waals surface area (Å²) >= 11 is 0. The maximum absolute atomic E-state index is 12.0. The Balaban J connectivity index is 1.78. The number of pyridine rings is 1. The Hall–Kier alpha value is -3.36. The van der Waals surface area contributed by atoms with Crippen LogP contribution in [0.4, 0.5) is 5.82 Å². The molecule has 2 N–H and O–H groups in total. The number of hydrogen-bond acceptors (Lipinski definition) is 7. The Morgan fingerprint density at radius 1 is 1.24 bits per heavy atom. The van der Waals surface area contributed by atoms with Crippen molar-refractivity contribution in [1.82, 2.24) is 29.9 Å². The van der Waals surface area contributed by atoms with Gasteiger partial charge in [-0.1, -0.05) is 0 Å². The van der Waals surface area contributed by atoms with Gasteiger partial charge in [-0.15, -0.1) is 10.2 Å². The molecule has 0 aliphatic heterocycles. The van der Waals surface area contributed by atoms with Crippen molar-refractivity contribution in [3.63, 3.8) is 0 Å². The summed E-state index contributed by atoms with van der Waals surface area (Å²) in [5.74, 6) is -0.158. The first-order chi connectivity index (χ1) is 10.2. The predicted molar refractivity (Wildman–Crippen MR) is 70.8 cm³/mol. The van der Waals surface area contributed by atoms with Gasteiger partial charge in [0.15, 0.2) is 23.1 Å². The van der Waals surface area contributed by atoms with Crippen LogP contribution >= 0.6 is 0 Å². The van der Waals surface area contributed by atoms with E-state index in [1.807, 2.05) is 0 Å². The zero-order chi connectivity index (χ0) is 14.7. The molecule has 3 aromatic heterocycles. The maximum Gasteiger partial charge on any atom is 0.277 e. The lowest BCUT2D eigenvalue weighted by Gasteiger charge is -2.05. The van der Waals surface area contributed by atoms with Crippen LogP contribution in [0.5, 0.6) is 5.75 Å². The molecular formula is C12H9N7O2. The first kappa shape index (κ1) is 12.7. The molecule has 0 radical (unpaired) electrons. The van der Waals surface area contributed by atoms with Crippen LogP contribution in [0, 0.1) is 0 Å². The van der Waals surface area contributed by atoms with Gasteiger partial charge >= 0.3 is 0 Å². The number of anilines is 1. The van der Waals surface area contributed by atoms with Crippen molar-refractivity contribution >= 4 is 11.7 Å². The van der Waals surface area contributed by atoms with Gasteiger partial charge in [0.25, 0.3) is 5.91 Å². The number of nitrogens with one attached hydrogen (secondary N) is 1. The van der Waals surface area contributed by atoms with Crippen molar-refractivity contribution in [2.24, 2.45) is 0 Å². The highest BCUT2D eigenvalue weighted by Gasteiger charge is 2.12. The molecule has 1 amide bonds. The van der Waals surface area contributed by atoms with Crippen LogP contribution in [-0.4, -0.2) is 41.0 Å². The van der Waals surface area contributed by atoms with Crippen LogP contribution in [0.3, 0.4) is 0 Å². The second-order valence-electron chi connectivity index (χ2n) is 3.94. The van der Waals surface area contributed by atoms with Crippen LogP contribution in [0.15, 0.2) is 43.1 Å². The number of hydrogen-bond donors (Lipinski definition) is 2. The van der Waals surface area contributed by atoms with E-state index in [4.69, 9.17) is 0 Å². The number of carbonyl (C=O) groups excluding carboxylic acids is 1. The summed E-state index contributed by atoms with van der Waals surface area (Å²) in [6.45, 7) is 0. The molecule has 9 nitrogen and oxygen atoms in total. The number of carbonyl (C=O) groups is 1. The Bertz CT molecular complexity index is 756. The molecule has 0 atom stereocenters. The molecule has 0 bridgehead atoms. The highest BCUT2D eigenvalue weighted by molar-refractivity contribution is 6.02. The van der Waals surface area contributed by atoms with Crippen molar-refractivity contribution in [2.45, 2.75) is 0 Å². The Morgan fingerprint density at radius 3 is 2.81 bits per heavy atom. The lowest BCUT2D eigenvalue weighted by atomic mass is 10.3. The van der Waals surface area contributed by atoms with Gasteiger partial charge in [0, 0.05) is 6.20 Å². The number of rotatable bonds is 3. The molecule has 0 unspecified atom stereocenters. The lowest BCUT2D eigenvalue weighted by molar-refractivity contribution is 0.102. The van der Waals surface area contributed by atoms with E-state index in [-0.39, 0.29) is 17.3 Å². The minimum Gasteiger partial charge on any atom is -0.504 e. The number of amides is 1. The molecule has 3 rings (SSSR count). The van der Waals surface area contributed by atoms with Crippen LogP contribution in [0.1, 0.15) is 10.5 Å². The smallest absolute Gasteiger partial charge is 0.277 e. The molecule has 3 aromatic rings. The van der Waals surface area contributed by atoms with Gasteiger partial charge in [-0.25, -0.2) is 14.6 Å². The molecule has 0 aliphatic carbocycles. The third-order valence-corrected chi connectivity index (χ3v) is 2.55. The topological polar surface area (TPSA) is 119 Å². The van der Waals surface area contributed by atoms with Crippen molar-refractivity contribution in [2.75, 3.05) is 5.32 Å². The van der Waals surface area contributed by atoms with Crippen LogP contribution in [0.25, 0.3) is 5.82 Å². The normalized spacial score (nSPS) is 10.3. The molecule has 0 saturated heterocycles. The zero-order valence-corrected chi connectivity index (χ0v) is 10.6. The summed E-state index contributed by atoms with van der Waals surface area (Å²) in [6, 6.07) is 6.04. The van der Waals surface area contributed by atoms with E-state index in [1.165, 1.54) is 35.7 Å². The molecule has 3 heterocycles. The number of aromatic hydroxyl groups is 1. The first-order valence-electron chi connectivity index (χ1n) is 5.88. The van der Waals surface area contributed by atoms with Gasteiger partial charge in [-0.2, -0.15) is 5.10 Å². The summed E-state index contributed by atoms with van der Waals surface area (Å²) in [4.78, 5) is 19.6. The van der Waals surface area contributed by atoms with E-state index < -0.39 is 5.91 Å². The van der Waals surface area contributed by atoms with Crippen LogP contribution < -0.4 is 5.32 Å². The van der Waals surface area contributed by atoms with Crippen molar-refractivity contribution in [3.05, 3.63) is 48.8 Å². The fourth-order valence-corrected chi connectivity index (χ4v) is 1.56. The van der Waals surface area contributed by atoms with Gasteiger partial charge in [-0.05, 0) is 24.3 Å². The molecule has 21 heavy (non-hydrogen) atoms. The van der Waals surface area contributed by atoms with Crippen molar-refractivity contribution in [3.8, 4) is 11.6 Å². The van der Waals surface area contributed by atoms with Crippen LogP contribution in [-0.2, 0) is 0 Å². The van der Waals surface area contributed by atoms with E-state index in [1.54, 1.807) is 12.1 Å². The zero-order valence-electron chi connectivity index (χ0n) is 10.6. The second-order valence-corrected chi connectivity index (χ2v) is 3.94. The van der Waals surface area contributed by atoms with Gasteiger partial charge < -0.3 is 10.4 Å². The highest BCUT2D eigenvalue weighted by atomic mass is 16.3. The van der Waals surface area contributed by atoms with E-state index in [0.717, 1.165) is 0 Å². The number of aromatic nitrogens is 6. The summed E-state index contributed by atoms with van der Waals surface area (Å²) < 4.78 is 1.42. The van der Waals surface area contributed by atoms with E-state index in [9.17, 15) is 9.90 Å². The third kappa shape index (κ3) is 2.66. The van der Waals surface area contributed by atoms with Gasteiger partial charge in [0.1, 0.15) is 12.7 Å². The van der Waals surface area contributed by atoms with E-state index in [2.05, 4.69) is 30.6 Å². The largest absolute Gasteiger partial charge is 0.504 e. The average molecular weight is 283 g/mol. The standard InChI is InChI=1S/C12H9N7O2/c20-9-2-1-5-14-11(9)16-12(21)8-3-4-10(18-17-8)19-7-13-6-15-19/h1-7,20H,(H,14,16,21). The lowest BCUT2D eigenvalue weighted by Crippen LogP contribution is -2.16. The van der Waals surface area contributed by atoms with Crippen LogP contribution in [0.2, 0.25) is 0 Å². The molecule has 0 saturated carbocycles. The molecule has 0 aromatic carbocycles. The molecular weight excluding hydrogens is 274 g/mol. The SMILES string of the molecule is O=C(Nc1ncccc1O)c1ccc(-n2cncn2)nn1. The van der Waals surface area contributed by atoms with Crippen molar-refractivity contribution < 1.29 is 9.90 Å². The Morgan fingerprint density at radius 2 is 2.14 bits per heavy atom. The van der Waals surface area contributed by atoms with Gasteiger partial charge in [-0.3, -0.25) is 4.79 Å². The number of nitrogens with zero attached hydrogens (tertiary/aromatic N) is 6. The summed E-state index contributed by atoms with van der Waals surface area (Å²) in [5, 5.41) is 23.6. The molecule has 104 valence electrons. The molecule has 0 aliphatic rings. The fourth-order valence-electron chi connectivity index (χ4n) is 1.56. The second kappa shape index (κ2) is 5.33. The fraction of sp³-hybridized carbons (Fsp3) is 0. The highest BCUT2D eigenvalue weighted by Crippen LogP contribution is 2.18. The van der Waals surface area contributed by atoms with Crippen molar-refractivity contribution in [1.29, 1.82) is 0 Å². The summed E-state index contributed by atoms with van der Waals surface area (Å²) in [5.41, 5.74) is 0.0870. The minimum absolute atomic E-state index is 0.0599. The monoisotopic (exact) mass is 283 g/mol. The Labute approximate surface area is 118 Å². The predicted octanol–water partition coefficient (Wildman–Crippen LogP) is 0.410. The third-order valence-electron chi connectivity index (χ3n) is 2.55. The van der Waals surface area contributed by atoms with Gasteiger partial charge in [0.05, 0.1) is 0 Å². The van der Waals surface area contributed by atoms with E-state index in [0.29, 0.717) is 5.82 Å². The molecule has 0 fully saturated rings. The summed E-state index contributed by atoms with van der Waals surface area (Å²) in [6.07, 6.45) is 4.29. The minimum atomic E-state index is -0.526. The summed E-state index contributed by atoms with van der Waals surface area (Å²) in [7, 11) is 0. The molecule has 0 spiro atoms. The Kier molecular flexibility index (Phi) is 3.21. The van der Waals surface area contributed by atoms with Gasteiger partial charge in [0.2, 0.25) is 0 Å². The average Bonchev–Trinajstić information content (AvgIpc) is 3.04. The molecule has 9 heteroatoms.